The van der Waals surface area contributed by atoms with Gasteiger partial charge in [-0.25, -0.2) is 0 Å². The Balaban J connectivity index is 2.34. The second-order valence-electron chi connectivity index (χ2n) is 4.51. The number of aromatic nitrogens is 1. The summed E-state index contributed by atoms with van der Waals surface area (Å²) in [6.07, 6.45) is 3.81. The highest BCUT2D eigenvalue weighted by atomic mass is 15.1. The predicted octanol–water partition coefficient (Wildman–Crippen LogP) is 1.82. The van der Waals surface area contributed by atoms with E-state index in [4.69, 9.17) is 0 Å². The van der Waals surface area contributed by atoms with Gasteiger partial charge in [0.2, 0.25) is 0 Å². The van der Waals surface area contributed by atoms with Gasteiger partial charge in [0, 0.05) is 31.5 Å². The molecule has 0 fully saturated rings. The third-order valence-electron chi connectivity index (χ3n) is 2.71. The minimum Gasteiger partial charge on any atom is -0.309 e. The zero-order valence-corrected chi connectivity index (χ0v) is 10.8. The van der Waals surface area contributed by atoms with Crippen LogP contribution in [0, 0.1) is 6.92 Å². The molecule has 0 amide bonds. The summed E-state index contributed by atoms with van der Waals surface area (Å²) < 4.78 is 0. The lowest BCUT2D eigenvalue weighted by atomic mass is 10.2. The summed E-state index contributed by atoms with van der Waals surface area (Å²) in [6, 6.07) is 2.68. The van der Waals surface area contributed by atoms with E-state index in [1.54, 1.807) is 0 Å². The third-order valence-corrected chi connectivity index (χ3v) is 2.71. The van der Waals surface area contributed by atoms with Crippen molar-refractivity contribution in [1.82, 2.24) is 15.2 Å². The Kier molecular flexibility index (Phi) is 5.43. The zero-order valence-electron chi connectivity index (χ0n) is 10.8. The van der Waals surface area contributed by atoms with E-state index in [1.165, 1.54) is 11.1 Å². The van der Waals surface area contributed by atoms with Gasteiger partial charge in [-0.1, -0.05) is 13.0 Å². The van der Waals surface area contributed by atoms with Crippen LogP contribution in [0.4, 0.5) is 0 Å². The maximum Gasteiger partial charge on any atom is 0.0313 e. The van der Waals surface area contributed by atoms with Crippen LogP contribution in [0.2, 0.25) is 0 Å². The molecule has 0 saturated carbocycles. The Labute approximate surface area is 98.9 Å². The first-order valence-electron chi connectivity index (χ1n) is 5.94. The Morgan fingerprint density at radius 1 is 1.44 bits per heavy atom. The van der Waals surface area contributed by atoms with Crippen LogP contribution in [0.1, 0.15) is 25.0 Å². The first-order valence-corrected chi connectivity index (χ1v) is 5.94. The lowest BCUT2D eigenvalue weighted by Crippen LogP contribution is -2.36. The maximum atomic E-state index is 4.19. The van der Waals surface area contributed by atoms with E-state index in [2.05, 4.69) is 49.1 Å². The predicted molar refractivity (Wildman–Crippen MR) is 68.4 cm³/mol. The molecule has 1 aromatic rings. The molecule has 1 aromatic heterocycles. The number of hydrogen-bond acceptors (Lipinski definition) is 3. The Bertz CT molecular complexity index is 312. The number of aryl methyl sites for hydroxylation is 1. The van der Waals surface area contributed by atoms with E-state index >= 15 is 0 Å². The highest BCUT2D eigenvalue weighted by molar-refractivity contribution is 5.16. The normalized spacial score (nSPS) is 13.1. The Hall–Kier alpha value is -0.930. The summed E-state index contributed by atoms with van der Waals surface area (Å²) in [7, 11) is 2.15. The van der Waals surface area contributed by atoms with Gasteiger partial charge in [-0.2, -0.15) is 0 Å². The first-order chi connectivity index (χ1) is 7.61. The molecule has 1 heterocycles. The van der Waals surface area contributed by atoms with E-state index in [0.29, 0.717) is 6.04 Å². The van der Waals surface area contributed by atoms with Gasteiger partial charge in [0.25, 0.3) is 0 Å². The van der Waals surface area contributed by atoms with Crippen molar-refractivity contribution in [3.05, 3.63) is 29.6 Å². The molecule has 0 saturated heterocycles. The Morgan fingerprint density at radius 2 is 2.19 bits per heavy atom. The van der Waals surface area contributed by atoms with Gasteiger partial charge in [0.15, 0.2) is 0 Å². The van der Waals surface area contributed by atoms with Gasteiger partial charge in [-0.3, -0.25) is 4.98 Å². The first kappa shape index (κ1) is 13.1. The minimum atomic E-state index is 0.505. The summed E-state index contributed by atoms with van der Waals surface area (Å²) in [5, 5.41) is 3.51. The van der Waals surface area contributed by atoms with Crippen molar-refractivity contribution in [3.8, 4) is 0 Å². The van der Waals surface area contributed by atoms with Crippen molar-refractivity contribution >= 4 is 0 Å². The van der Waals surface area contributed by atoms with E-state index < -0.39 is 0 Å². The lowest BCUT2D eigenvalue weighted by Gasteiger charge is -2.20. The Morgan fingerprint density at radius 3 is 2.81 bits per heavy atom. The van der Waals surface area contributed by atoms with E-state index in [-0.39, 0.29) is 0 Å². The molecule has 3 heteroatoms. The van der Waals surface area contributed by atoms with Gasteiger partial charge in [0.1, 0.15) is 0 Å². The number of nitrogens with zero attached hydrogens (tertiary/aromatic N) is 2. The molecule has 1 rings (SSSR count). The van der Waals surface area contributed by atoms with E-state index in [0.717, 1.165) is 19.6 Å². The number of rotatable bonds is 6. The molecule has 0 aliphatic heterocycles. The van der Waals surface area contributed by atoms with Crippen molar-refractivity contribution in [2.75, 3.05) is 20.1 Å². The van der Waals surface area contributed by atoms with Crippen LogP contribution in [-0.4, -0.2) is 36.1 Å². The summed E-state index contributed by atoms with van der Waals surface area (Å²) in [5.74, 6) is 0. The highest BCUT2D eigenvalue weighted by Gasteiger charge is 2.04. The highest BCUT2D eigenvalue weighted by Crippen LogP contribution is 2.01. The molecule has 90 valence electrons. The average Bonchev–Trinajstić information content (AvgIpc) is 2.26. The molecule has 1 N–H and O–H groups in total. The molecule has 0 bridgehead atoms. The van der Waals surface area contributed by atoms with Crippen molar-refractivity contribution in [2.45, 2.75) is 33.4 Å². The molecule has 0 spiro atoms. The summed E-state index contributed by atoms with van der Waals surface area (Å²) >= 11 is 0. The van der Waals surface area contributed by atoms with Crippen LogP contribution in [0.3, 0.4) is 0 Å². The molecular weight excluding hydrogens is 198 g/mol. The second kappa shape index (κ2) is 6.61. The molecule has 0 aromatic carbocycles. The molecule has 1 atom stereocenters. The number of likely N-dealkylation sites (N-methyl/N-ethyl adjacent to an activating group) is 1. The molecule has 3 nitrogen and oxygen atoms in total. The van der Waals surface area contributed by atoms with Gasteiger partial charge >= 0.3 is 0 Å². The van der Waals surface area contributed by atoms with Crippen molar-refractivity contribution in [1.29, 1.82) is 0 Å². The van der Waals surface area contributed by atoms with Gasteiger partial charge in [-0.15, -0.1) is 0 Å². The van der Waals surface area contributed by atoms with Crippen LogP contribution < -0.4 is 5.32 Å². The monoisotopic (exact) mass is 221 g/mol. The van der Waals surface area contributed by atoms with Crippen LogP contribution in [-0.2, 0) is 6.54 Å². The summed E-state index contributed by atoms with van der Waals surface area (Å²) in [4.78, 5) is 6.50. The van der Waals surface area contributed by atoms with Gasteiger partial charge in [-0.05, 0) is 38.6 Å². The zero-order chi connectivity index (χ0) is 12.0. The molecule has 1 unspecified atom stereocenters. The standard InChI is InChI=1S/C13H23N3/c1-5-16(4)10-12(3)15-9-13-6-11(2)7-14-8-13/h6-8,12,15H,5,9-10H2,1-4H3. The smallest absolute Gasteiger partial charge is 0.0313 e. The van der Waals surface area contributed by atoms with Crippen molar-refractivity contribution in [2.24, 2.45) is 0 Å². The topological polar surface area (TPSA) is 28.2 Å². The number of pyridine rings is 1. The minimum absolute atomic E-state index is 0.505. The number of hydrogen-bond donors (Lipinski definition) is 1. The van der Waals surface area contributed by atoms with E-state index in [9.17, 15) is 0 Å². The van der Waals surface area contributed by atoms with E-state index in [1.807, 2.05) is 12.4 Å². The summed E-state index contributed by atoms with van der Waals surface area (Å²) in [5.41, 5.74) is 2.48. The molecule has 0 aliphatic rings. The van der Waals surface area contributed by atoms with Crippen LogP contribution in [0.15, 0.2) is 18.5 Å². The quantitative estimate of drug-likeness (QED) is 0.794. The van der Waals surface area contributed by atoms with Crippen LogP contribution in [0.25, 0.3) is 0 Å². The fourth-order valence-electron chi connectivity index (χ4n) is 1.67. The van der Waals surface area contributed by atoms with Crippen molar-refractivity contribution in [3.63, 3.8) is 0 Å². The van der Waals surface area contributed by atoms with Crippen LogP contribution in [0.5, 0.6) is 0 Å². The molecule has 16 heavy (non-hydrogen) atoms. The van der Waals surface area contributed by atoms with Crippen molar-refractivity contribution < 1.29 is 0 Å². The second-order valence-corrected chi connectivity index (χ2v) is 4.51. The average molecular weight is 221 g/mol. The fraction of sp³-hybridized carbons (Fsp3) is 0.615. The lowest BCUT2D eigenvalue weighted by molar-refractivity contribution is 0.309. The van der Waals surface area contributed by atoms with Crippen LogP contribution >= 0.6 is 0 Å². The van der Waals surface area contributed by atoms with Gasteiger partial charge < -0.3 is 10.2 Å². The molecule has 0 aliphatic carbocycles. The van der Waals surface area contributed by atoms with Gasteiger partial charge in [0.05, 0.1) is 0 Å². The summed E-state index contributed by atoms with van der Waals surface area (Å²) in [6.45, 7) is 9.54. The maximum absolute atomic E-state index is 4.19. The number of nitrogens with one attached hydrogen (secondary N) is 1. The molecular formula is C13H23N3. The largest absolute Gasteiger partial charge is 0.309 e. The molecule has 0 radical (unpaired) electrons. The SMILES string of the molecule is CCN(C)CC(C)NCc1cncc(C)c1. The third kappa shape index (κ3) is 4.73. The fourth-order valence-corrected chi connectivity index (χ4v) is 1.67.